The van der Waals surface area contributed by atoms with E-state index < -0.39 is 36.3 Å². The smallest absolute Gasteiger partial charge is 0.480 e. The van der Waals surface area contributed by atoms with Crippen molar-refractivity contribution >= 4 is 17.4 Å². The number of aliphatic carboxylic acids is 1. The van der Waals surface area contributed by atoms with E-state index in [1.165, 1.54) is 12.2 Å². The lowest BCUT2D eigenvalue weighted by Gasteiger charge is -2.32. The number of benzene rings is 2. The average molecular weight is 508 g/mol. The van der Waals surface area contributed by atoms with Crippen molar-refractivity contribution in [2.24, 2.45) is 0 Å². The van der Waals surface area contributed by atoms with Crippen LogP contribution in [0.2, 0.25) is 0 Å². The maximum atomic E-state index is 13.3. The van der Waals surface area contributed by atoms with Crippen molar-refractivity contribution < 1.29 is 32.6 Å². The molecular weight excluding hydrogens is 485 g/mol. The minimum atomic E-state index is -5.13. The van der Waals surface area contributed by atoms with E-state index in [0.29, 0.717) is 11.3 Å². The van der Waals surface area contributed by atoms with E-state index >= 15 is 0 Å². The van der Waals surface area contributed by atoms with Gasteiger partial charge in [0.25, 0.3) is 5.91 Å². The second kappa shape index (κ2) is 10.8. The van der Waals surface area contributed by atoms with Gasteiger partial charge in [0, 0.05) is 30.3 Å². The van der Waals surface area contributed by atoms with Crippen LogP contribution in [0.5, 0.6) is 0 Å². The van der Waals surface area contributed by atoms with Crippen LogP contribution in [0.15, 0.2) is 97.2 Å². The molecule has 1 aliphatic rings. The van der Waals surface area contributed by atoms with Crippen molar-refractivity contribution in [2.45, 2.75) is 30.8 Å². The fourth-order valence-electron chi connectivity index (χ4n) is 4.00. The lowest BCUT2D eigenvalue weighted by Crippen LogP contribution is -2.55. The molecule has 0 radical (unpaired) electrons. The molecule has 2 atom stereocenters. The molecule has 1 amide bonds. The molecule has 2 unspecified atom stereocenters. The molecule has 37 heavy (non-hydrogen) atoms. The summed E-state index contributed by atoms with van der Waals surface area (Å²) in [5.41, 5.74) is 1.01. The highest BCUT2D eigenvalue weighted by molar-refractivity contribution is 5.93. The summed E-state index contributed by atoms with van der Waals surface area (Å²) in [4.78, 5) is 29.3. The Balaban J connectivity index is 1.52. The minimum Gasteiger partial charge on any atom is -0.480 e. The first kappa shape index (κ1) is 25.8. The molecule has 0 saturated carbocycles. The molecule has 2 N–H and O–H groups in total. The van der Waals surface area contributed by atoms with Crippen LogP contribution in [0, 0.1) is 0 Å². The second-order valence-electron chi connectivity index (χ2n) is 8.47. The number of alkyl halides is 3. The Morgan fingerprint density at radius 2 is 1.62 bits per heavy atom. The Labute approximate surface area is 211 Å². The number of carboxylic acids is 1. The SMILES string of the molecule is O=C(O)C(Cc1ccc(-c2ccccc2)cn1)NC(=O)C1(OC(F)(F)F)C=CC(c2ccccc2)=CC1. The topological polar surface area (TPSA) is 88.5 Å². The number of ether oxygens (including phenoxy) is 1. The third-order valence-corrected chi connectivity index (χ3v) is 5.90. The summed E-state index contributed by atoms with van der Waals surface area (Å²) in [6.07, 6.45) is -0.386. The van der Waals surface area contributed by atoms with Gasteiger partial charge in [-0.3, -0.25) is 14.5 Å². The Bertz CT molecular complexity index is 1310. The highest BCUT2D eigenvalue weighted by atomic mass is 19.4. The number of nitrogens with zero attached hydrogens (tertiary/aromatic N) is 1. The third kappa shape index (κ3) is 6.50. The monoisotopic (exact) mass is 508 g/mol. The number of hydrogen-bond acceptors (Lipinski definition) is 4. The van der Waals surface area contributed by atoms with E-state index in [9.17, 15) is 27.9 Å². The van der Waals surface area contributed by atoms with Gasteiger partial charge in [0.05, 0.1) is 0 Å². The molecule has 4 rings (SSSR count). The lowest BCUT2D eigenvalue weighted by atomic mass is 9.88. The Kier molecular flexibility index (Phi) is 7.54. The molecule has 3 aromatic rings. The molecule has 0 fully saturated rings. The number of pyridine rings is 1. The molecule has 9 heteroatoms. The number of rotatable bonds is 8. The number of halogens is 3. The summed E-state index contributed by atoms with van der Waals surface area (Å²) in [7, 11) is 0. The summed E-state index contributed by atoms with van der Waals surface area (Å²) in [6.45, 7) is 0. The van der Waals surface area contributed by atoms with Gasteiger partial charge in [-0.15, -0.1) is 13.2 Å². The number of nitrogens with one attached hydrogen (secondary N) is 1. The van der Waals surface area contributed by atoms with Gasteiger partial charge in [0.15, 0.2) is 5.60 Å². The third-order valence-electron chi connectivity index (χ3n) is 5.90. The maximum absolute atomic E-state index is 13.3. The highest BCUT2D eigenvalue weighted by Gasteiger charge is 2.48. The number of amides is 1. The first-order valence-corrected chi connectivity index (χ1v) is 11.4. The van der Waals surface area contributed by atoms with E-state index in [0.717, 1.165) is 22.8 Å². The zero-order valence-corrected chi connectivity index (χ0v) is 19.5. The van der Waals surface area contributed by atoms with Crippen molar-refractivity contribution in [1.82, 2.24) is 10.3 Å². The van der Waals surface area contributed by atoms with Crippen LogP contribution in [0.1, 0.15) is 17.7 Å². The summed E-state index contributed by atoms with van der Waals surface area (Å²) in [6, 6.07) is 20.2. The van der Waals surface area contributed by atoms with Gasteiger partial charge in [-0.2, -0.15) is 0 Å². The Morgan fingerprint density at radius 3 is 2.14 bits per heavy atom. The van der Waals surface area contributed by atoms with E-state index in [4.69, 9.17) is 0 Å². The van der Waals surface area contributed by atoms with Crippen LogP contribution in [0.4, 0.5) is 13.2 Å². The molecule has 1 aliphatic carbocycles. The van der Waals surface area contributed by atoms with Gasteiger partial charge in [-0.05, 0) is 28.8 Å². The number of carboxylic acid groups (broad SMARTS) is 1. The van der Waals surface area contributed by atoms with Gasteiger partial charge in [0.2, 0.25) is 0 Å². The lowest BCUT2D eigenvalue weighted by molar-refractivity contribution is -0.351. The highest BCUT2D eigenvalue weighted by Crippen LogP contribution is 2.35. The van der Waals surface area contributed by atoms with Crippen LogP contribution in [0.3, 0.4) is 0 Å². The van der Waals surface area contributed by atoms with Gasteiger partial charge in [-0.1, -0.05) is 78.9 Å². The normalized spacial score (nSPS) is 18.1. The van der Waals surface area contributed by atoms with Gasteiger partial charge < -0.3 is 10.4 Å². The fourth-order valence-corrected chi connectivity index (χ4v) is 4.00. The predicted molar refractivity (Wildman–Crippen MR) is 131 cm³/mol. The van der Waals surface area contributed by atoms with Crippen LogP contribution >= 0.6 is 0 Å². The summed E-state index contributed by atoms with van der Waals surface area (Å²) >= 11 is 0. The number of allylic oxidation sites excluding steroid dienone is 2. The van der Waals surface area contributed by atoms with Gasteiger partial charge in [-0.25, -0.2) is 4.79 Å². The summed E-state index contributed by atoms with van der Waals surface area (Å²) in [5.74, 6) is -2.62. The standard InChI is InChI=1S/C28H23F3N2O4/c29-28(30,31)37-27(15-13-21(14-16-27)19-7-3-1-4-8-19)26(36)33-24(25(34)35)17-23-12-11-22(18-32-23)20-9-5-2-6-10-20/h1-15,18,24H,16-17H2,(H,33,36)(H,34,35). The van der Waals surface area contributed by atoms with E-state index in [1.807, 2.05) is 30.3 Å². The van der Waals surface area contributed by atoms with E-state index in [2.05, 4.69) is 15.0 Å². The maximum Gasteiger partial charge on any atom is 0.523 e. The van der Waals surface area contributed by atoms with Gasteiger partial charge >= 0.3 is 12.3 Å². The summed E-state index contributed by atoms with van der Waals surface area (Å²) < 4.78 is 44.2. The largest absolute Gasteiger partial charge is 0.523 e. The Hall–Kier alpha value is -4.24. The zero-order chi connectivity index (χ0) is 26.5. The van der Waals surface area contributed by atoms with E-state index in [-0.39, 0.29) is 6.42 Å². The van der Waals surface area contributed by atoms with Crippen molar-refractivity contribution in [3.05, 3.63) is 108 Å². The predicted octanol–water partition coefficient (Wildman–Crippen LogP) is 5.18. The summed E-state index contributed by atoms with van der Waals surface area (Å²) in [5, 5.41) is 11.9. The molecule has 6 nitrogen and oxygen atoms in total. The fraction of sp³-hybridized carbons (Fsp3) is 0.179. The quantitative estimate of drug-likeness (QED) is 0.438. The van der Waals surface area contributed by atoms with Crippen molar-refractivity contribution in [2.75, 3.05) is 0 Å². The second-order valence-corrected chi connectivity index (χ2v) is 8.47. The van der Waals surface area contributed by atoms with Crippen LogP contribution in [0.25, 0.3) is 16.7 Å². The first-order chi connectivity index (χ1) is 17.7. The molecular formula is C28H23F3N2O4. The van der Waals surface area contributed by atoms with Crippen molar-refractivity contribution in [1.29, 1.82) is 0 Å². The molecule has 2 aromatic carbocycles. The first-order valence-electron chi connectivity index (χ1n) is 11.4. The number of hydrogen-bond donors (Lipinski definition) is 2. The van der Waals surface area contributed by atoms with Crippen molar-refractivity contribution in [3.63, 3.8) is 0 Å². The van der Waals surface area contributed by atoms with E-state index in [1.54, 1.807) is 48.7 Å². The zero-order valence-electron chi connectivity index (χ0n) is 19.5. The van der Waals surface area contributed by atoms with Crippen LogP contribution in [-0.4, -0.2) is 40.0 Å². The Morgan fingerprint density at radius 1 is 0.973 bits per heavy atom. The number of aromatic nitrogens is 1. The molecule has 0 spiro atoms. The van der Waals surface area contributed by atoms with Crippen LogP contribution in [-0.2, 0) is 20.7 Å². The average Bonchev–Trinajstić information content (AvgIpc) is 2.89. The molecule has 0 saturated heterocycles. The molecule has 1 aromatic heterocycles. The molecule has 190 valence electrons. The van der Waals surface area contributed by atoms with Gasteiger partial charge in [0.1, 0.15) is 6.04 Å². The van der Waals surface area contributed by atoms with Crippen LogP contribution < -0.4 is 5.32 Å². The minimum absolute atomic E-state index is 0.229. The molecule has 0 bridgehead atoms. The number of carbonyl (C=O) groups is 2. The van der Waals surface area contributed by atoms with Crippen molar-refractivity contribution in [3.8, 4) is 11.1 Å². The molecule has 1 heterocycles. The molecule has 0 aliphatic heterocycles. The number of carbonyl (C=O) groups excluding carboxylic acids is 1.